The van der Waals surface area contributed by atoms with Gasteiger partial charge in [-0.2, -0.15) is 0 Å². The maximum absolute atomic E-state index is 15.4. The summed E-state index contributed by atoms with van der Waals surface area (Å²) in [6.07, 6.45) is 4.73. The molecule has 0 fully saturated rings. The molecule has 1 unspecified atom stereocenters. The molecule has 0 aliphatic rings. The number of halogens is 2. The predicted molar refractivity (Wildman–Crippen MR) is 189 cm³/mol. The molecule has 2 heterocycles. The summed E-state index contributed by atoms with van der Waals surface area (Å²) in [7, 11) is 0.304. The van der Waals surface area contributed by atoms with E-state index in [2.05, 4.69) is 82.6 Å². The molecule has 1 atom stereocenters. The lowest BCUT2D eigenvalue weighted by Crippen LogP contribution is -2.27. The van der Waals surface area contributed by atoms with E-state index in [1.54, 1.807) is 43.9 Å². The van der Waals surface area contributed by atoms with Crippen molar-refractivity contribution in [3.05, 3.63) is 137 Å². The summed E-state index contributed by atoms with van der Waals surface area (Å²) in [5, 5.41) is 3.98. The van der Waals surface area contributed by atoms with Crippen molar-refractivity contribution in [1.82, 2.24) is 15.0 Å². The summed E-state index contributed by atoms with van der Waals surface area (Å²) in [4.78, 5) is 11.9. The Kier molecular flexibility index (Phi) is 9.47. The number of nitrogens with zero attached hydrogens (tertiary/aromatic N) is 2. The van der Waals surface area contributed by atoms with Crippen LogP contribution in [0.25, 0.3) is 10.9 Å². The zero-order valence-electron chi connectivity index (χ0n) is 26.6. The van der Waals surface area contributed by atoms with Crippen LogP contribution in [0.1, 0.15) is 49.7 Å². The van der Waals surface area contributed by atoms with Crippen LogP contribution in [-0.4, -0.2) is 31.8 Å². The molecule has 6 aromatic rings. The van der Waals surface area contributed by atoms with Crippen LogP contribution in [0.5, 0.6) is 17.2 Å². The van der Waals surface area contributed by atoms with Gasteiger partial charge in [-0.1, -0.05) is 86.1 Å². The number of nitrogens with one attached hydrogen (secondary N) is 2. The quantitative estimate of drug-likeness (QED) is 0.127. The highest BCUT2D eigenvalue weighted by molar-refractivity contribution is 6.36. The van der Waals surface area contributed by atoms with Crippen LogP contribution >= 0.6 is 11.6 Å². The van der Waals surface area contributed by atoms with Crippen molar-refractivity contribution in [2.24, 2.45) is 0 Å². The molecule has 7 nitrogen and oxygen atoms in total. The lowest BCUT2D eigenvalue weighted by molar-refractivity contribution is 0.208. The van der Waals surface area contributed by atoms with Gasteiger partial charge in [-0.15, -0.1) is 0 Å². The SMILES string of the molecule is COc1cc2c(Nc3cc(O[SiH2]C(C)(C)C(c4ccccc4)c4ccccc4)c(Cl)cc3F)ccnc2cc1OC(C)c1ncc[nH]1. The largest absolute Gasteiger partial charge is 0.548 e. The minimum atomic E-state index is -1.27. The van der Waals surface area contributed by atoms with Gasteiger partial charge in [-0.3, -0.25) is 4.98 Å². The predicted octanol–water partition coefficient (Wildman–Crippen LogP) is 9.14. The number of imidazole rings is 1. The van der Waals surface area contributed by atoms with Crippen molar-refractivity contribution in [1.29, 1.82) is 0 Å². The molecule has 4 aromatic carbocycles. The average Bonchev–Trinajstić information content (AvgIpc) is 3.62. The van der Waals surface area contributed by atoms with Crippen LogP contribution < -0.4 is 19.2 Å². The van der Waals surface area contributed by atoms with Crippen LogP contribution in [0.15, 0.2) is 110 Å². The Morgan fingerprint density at radius 1 is 0.851 bits per heavy atom. The molecule has 0 aliphatic carbocycles. The Balaban J connectivity index is 1.26. The van der Waals surface area contributed by atoms with Crippen LogP contribution in [0.4, 0.5) is 15.8 Å². The van der Waals surface area contributed by atoms with Gasteiger partial charge in [-0.25, -0.2) is 9.37 Å². The summed E-state index contributed by atoms with van der Waals surface area (Å²) in [5.74, 6) is 1.76. The van der Waals surface area contributed by atoms with E-state index < -0.39 is 15.6 Å². The van der Waals surface area contributed by atoms with Gasteiger partial charge < -0.3 is 24.2 Å². The third kappa shape index (κ3) is 7.11. The minimum absolute atomic E-state index is 0.113. The smallest absolute Gasteiger partial charge is 0.226 e. The highest BCUT2D eigenvalue weighted by atomic mass is 35.5. The molecule has 2 N–H and O–H groups in total. The summed E-state index contributed by atoms with van der Waals surface area (Å²) in [6.45, 7) is 6.35. The van der Waals surface area contributed by atoms with E-state index in [4.69, 9.17) is 25.5 Å². The van der Waals surface area contributed by atoms with Gasteiger partial charge in [0.25, 0.3) is 0 Å². The van der Waals surface area contributed by atoms with Gasteiger partial charge in [0, 0.05) is 47.7 Å². The van der Waals surface area contributed by atoms with Gasteiger partial charge in [0.15, 0.2) is 17.6 Å². The summed E-state index contributed by atoms with van der Waals surface area (Å²) in [5.41, 5.74) is 3.95. The van der Waals surface area contributed by atoms with Crippen molar-refractivity contribution < 1.29 is 18.3 Å². The molecule has 0 aliphatic heterocycles. The molecule has 2 aromatic heterocycles. The highest BCUT2D eigenvalue weighted by Crippen LogP contribution is 2.46. The number of rotatable bonds is 12. The number of fused-ring (bicyclic) bond motifs is 1. The highest BCUT2D eigenvalue weighted by Gasteiger charge is 2.34. The molecule has 0 saturated carbocycles. The van der Waals surface area contributed by atoms with Crippen molar-refractivity contribution >= 4 is 43.6 Å². The Labute approximate surface area is 281 Å². The fraction of sp³-hybridized carbons (Fsp3) is 0.189. The molecule has 0 spiro atoms. The first-order chi connectivity index (χ1) is 22.7. The maximum atomic E-state index is 15.4. The first-order valence-electron chi connectivity index (χ1n) is 15.3. The number of ether oxygens (including phenoxy) is 2. The number of hydrogen-bond acceptors (Lipinski definition) is 6. The lowest BCUT2D eigenvalue weighted by atomic mass is 9.82. The number of hydrogen-bond donors (Lipinski definition) is 2. The number of benzene rings is 4. The second-order valence-corrected chi connectivity index (χ2v) is 14.8. The fourth-order valence-electron chi connectivity index (χ4n) is 5.87. The second kappa shape index (κ2) is 13.9. The number of methoxy groups -OCH3 is 1. The molecule has 0 radical (unpaired) electrons. The molecular weight excluding hydrogens is 631 g/mol. The van der Waals surface area contributed by atoms with E-state index in [1.807, 2.05) is 25.1 Å². The van der Waals surface area contributed by atoms with Crippen LogP contribution in [0.2, 0.25) is 10.1 Å². The van der Waals surface area contributed by atoms with Crippen molar-refractivity contribution in [2.75, 3.05) is 12.4 Å². The van der Waals surface area contributed by atoms with Crippen molar-refractivity contribution in [3.8, 4) is 17.2 Å². The van der Waals surface area contributed by atoms with Crippen LogP contribution in [-0.2, 0) is 0 Å². The van der Waals surface area contributed by atoms with Crippen LogP contribution in [0.3, 0.4) is 0 Å². The number of aromatic amines is 1. The van der Waals surface area contributed by atoms with E-state index in [1.165, 1.54) is 17.2 Å². The molecule has 240 valence electrons. The summed E-state index contributed by atoms with van der Waals surface area (Å²) < 4.78 is 33.7. The fourth-order valence-corrected chi connectivity index (χ4v) is 7.57. The number of pyridine rings is 1. The topological polar surface area (TPSA) is 81.3 Å². The molecule has 0 bridgehead atoms. The second-order valence-electron chi connectivity index (χ2n) is 12.0. The van der Waals surface area contributed by atoms with Gasteiger partial charge in [0.2, 0.25) is 9.76 Å². The normalized spacial score (nSPS) is 12.5. The number of aromatic nitrogens is 3. The van der Waals surface area contributed by atoms with E-state index >= 15 is 4.39 Å². The van der Waals surface area contributed by atoms with Crippen LogP contribution in [0, 0.1) is 5.82 Å². The number of H-pyrrole nitrogens is 1. The van der Waals surface area contributed by atoms with E-state index in [9.17, 15) is 0 Å². The first kappa shape index (κ1) is 32.1. The number of anilines is 2. The zero-order chi connectivity index (χ0) is 33.0. The van der Waals surface area contributed by atoms with Gasteiger partial charge in [0.1, 0.15) is 17.4 Å². The molecule has 10 heteroatoms. The third-order valence-corrected chi connectivity index (χ3v) is 10.1. The lowest BCUT2D eigenvalue weighted by Gasteiger charge is -2.35. The summed E-state index contributed by atoms with van der Waals surface area (Å²) >= 11 is 6.56. The Morgan fingerprint density at radius 3 is 2.19 bits per heavy atom. The first-order valence-corrected chi connectivity index (χ1v) is 17.0. The standard InChI is InChI=1S/C37H36ClFN4O3Si/c1-23(36-41-17-18-42-36)45-34-21-30-26(19-33(34)44-4)29(15-16-40-30)43-31-22-32(27(38)20-28(31)39)46-47-37(2,3)35(24-11-7-5-8-12-24)25-13-9-6-10-14-25/h5-23,35H,47H2,1-4H3,(H,40,43)(H,41,42). The Bertz CT molecular complexity index is 1920. The minimum Gasteiger partial charge on any atom is -0.548 e. The van der Waals surface area contributed by atoms with Crippen molar-refractivity contribution in [2.45, 2.75) is 37.8 Å². The Morgan fingerprint density at radius 2 is 1.55 bits per heavy atom. The maximum Gasteiger partial charge on any atom is 0.226 e. The van der Waals surface area contributed by atoms with E-state index in [0.29, 0.717) is 34.3 Å². The average molecular weight is 667 g/mol. The monoisotopic (exact) mass is 666 g/mol. The molecule has 47 heavy (non-hydrogen) atoms. The zero-order valence-corrected chi connectivity index (χ0v) is 28.8. The van der Waals surface area contributed by atoms with Gasteiger partial charge >= 0.3 is 0 Å². The van der Waals surface area contributed by atoms with Crippen molar-refractivity contribution in [3.63, 3.8) is 0 Å². The third-order valence-electron chi connectivity index (χ3n) is 8.17. The molecular formula is C37H36ClFN4O3Si. The van der Waals surface area contributed by atoms with E-state index in [-0.39, 0.29) is 27.8 Å². The summed E-state index contributed by atoms with van der Waals surface area (Å²) in [6, 6.07) is 29.2. The molecule has 6 rings (SSSR count). The Hall–Kier alpha value is -4.86. The van der Waals surface area contributed by atoms with E-state index in [0.717, 1.165) is 5.39 Å². The van der Waals surface area contributed by atoms with Gasteiger partial charge in [0.05, 0.1) is 23.3 Å². The molecule has 0 saturated heterocycles. The van der Waals surface area contributed by atoms with Gasteiger partial charge in [-0.05, 0) is 41.3 Å². The molecule has 0 amide bonds.